The van der Waals surface area contributed by atoms with Crippen LogP contribution in [-0.2, 0) is 4.74 Å². The van der Waals surface area contributed by atoms with E-state index in [1.165, 1.54) is 0 Å². The van der Waals surface area contributed by atoms with Crippen molar-refractivity contribution in [3.8, 4) is 0 Å². The third-order valence-corrected chi connectivity index (χ3v) is 3.85. The Morgan fingerprint density at radius 3 is 3.00 bits per heavy atom. The average Bonchev–Trinajstić information content (AvgIpc) is 2.81. The maximum Gasteiger partial charge on any atom is 0.106 e. The predicted octanol–water partition coefficient (Wildman–Crippen LogP) is 2.70. The SMILES string of the molecule is CN(CC1CCCO1)c1cc(Br)ccc1C(N)=S. The molecule has 0 amide bonds. The van der Waals surface area contributed by atoms with E-state index in [1.54, 1.807) is 0 Å². The second kappa shape index (κ2) is 5.99. The highest BCUT2D eigenvalue weighted by Gasteiger charge is 2.19. The lowest BCUT2D eigenvalue weighted by molar-refractivity contribution is 0.116. The average molecular weight is 329 g/mol. The van der Waals surface area contributed by atoms with Gasteiger partial charge in [-0.2, -0.15) is 0 Å². The molecule has 0 radical (unpaired) electrons. The monoisotopic (exact) mass is 328 g/mol. The lowest BCUT2D eigenvalue weighted by atomic mass is 10.1. The van der Waals surface area contributed by atoms with Gasteiger partial charge in [-0.1, -0.05) is 28.1 Å². The molecule has 1 aliphatic rings. The van der Waals surface area contributed by atoms with E-state index in [1.807, 2.05) is 25.2 Å². The molecule has 1 atom stereocenters. The van der Waals surface area contributed by atoms with Crippen molar-refractivity contribution in [2.45, 2.75) is 18.9 Å². The number of rotatable bonds is 4. The predicted molar refractivity (Wildman–Crippen MR) is 82.3 cm³/mol. The van der Waals surface area contributed by atoms with Crippen LogP contribution >= 0.6 is 28.1 Å². The molecule has 1 aromatic carbocycles. The van der Waals surface area contributed by atoms with Crippen LogP contribution in [0.1, 0.15) is 18.4 Å². The molecule has 0 spiro atoms. The van der Waals surface area contributed by atoms with Crippen molar-refractivity contribution in [1.29, 1.82) is 0 Å². The van der Waals surface area contributed by atoms with E-state index in [0.29, 0.717) is 11.1 Å². The van der Waals surface area contributed by atoms with Crippen LogP contribution in [0.15, 0.2) is 22.7 Å². The minimum Gasteiger partial charge on any atom is -0.389 e. The number of likely N-dealkylation sites (N-methyl/N-ethyl adjacent to an activating group) is 1. The van der Waals surface area contributed by atoms with Gasteiger partial charge < -0.3 is 15.4 Å². The summed E-state index contributed by atoms with van der Waals surface area (Å²) in [6.45, 7) is 1.74. The van der Waals surface area contributed by atoms with Gasteiger partial charge in [0, 0.05) is 35.9 Å². The zero-order valence-corrected chi connectivity index (χ0v) is 12.8. The minimum absolute atomic E-state index is 0.313. The van der Waals surface area contributed by atoms with Gasteiger partial charge in [0.2, 0.25) is 0 Å². The Kier molecular flexibility index (Phi) is 4.59. The molecule has 1 aliphatic heterocycles. The molecule has 1 fully saturated rings. The van der Waals surface area contributed by atoms with Crippen LogP contribution in [0, 0.1) is 0 Å². The third kappa shape index (κ3) is 3.22. The molecule has 0 saturated carbocycles. The van der Waals surface area contributed by atoms with Crippen molar-refractivity contribution in [2.75, 3.05) is 25.1 Å². The van der Waals surface area contributed by atoms with Gasteiger partial charge in [-0.05, 0) is 31.0 Å². The number of benzene rings is 1. The van der Waals surface area contributed by atoms with E-state index in [4.69, 9.17) is 22.7 Å². The fraction of sp³-hybridized carbons (Fsp3) is 0.462. The summed E-state index contributed by atoms with van der Waals surface area (Å²) in [6, 6.07) is 5.95. The molecule has 1 aromatic rings. The number of halogens is 1. The van der Waals surface area contributed by atoms with Crippen LogP contribution in [0.3, 0.4) is 0 Å². The molecule has 0 bridgehead atoms. The molecular formula is C13H17BrN2OS. The summed E-state index contributed by atoms with van der Waals surface area (Å²) >= 11 is 8.58. The Morgan fingerprint density at radius 2 is 2.39 bits per heavy atom. The summed E-state index contributed by atoms with van der Waals surface area (Å²) in [6.07, 6.45) is 2.59. The number of anilines is 1. The van der Waals surface area contributed by atoms with E-state index < -0.39 is 0 Å². The first-order chi connectivity index (χ1) is 8.58. The number of nitrogens with zero attached hydrogens (tertiary/aromatic N) is 1. The summed E-state index contributed by atoms with van der Waals surface area (Å²) in [5, 5.41) is 0. The van der Waals surface area contributed by atoms with E-state index >= 15 is 0 Å². The van der Waals surface area contributed by atoms with E-state index in [0.717, 1.165) is 41.7 Å². The standard InChI is InChI=1S/C13H17BrN2OS/c1-16(8-10-3-2-6-17-10)12-7-9(14)4-5-11(12)13(15)18/h4-5,7,10H,2-3,6,8H2,1H3,(H2,15,18). The first-order valence-corrected chi connectivity index (χ1v) is 7.20. The maximum atomic E-state index is 5.77. The van der Waals surface area contributed by atoms with E-state index in [9.17, 15) is 0 Å². The van der Waals surface area contributed by atoms with Gasteiger partial charge in [0.25, 0.3) is 0 Å². The maximum absolute atomic E-state index is 5.77. The molecule has 5 heteroatoms. The quantitative estimate of drug-likeness (QED) is 0.862. The smallest absolute Gasteiger partial charge is 0.106 e. The number of nitrogens with two attached hydrogens (primary N) is 1. The van der Waals surface area contributed by atoms with E-state index in [-0.39, 0.29) is 0 Å². The van der Waals surface area contributed by atoms with Crippen LogP contribution in [0.4, 0.5) is 5.69 Å². The van der Waals surface area contributed by atoms with Crippen molar-refractivity contribution in [3.05, 3.63) is 28.2 Å². The lowest BCUT2D eigenvalue weighted by Crippen LogP contribution is -2.30. The Labute approximate surface area is 121 Å². The van der Waals surface area contributed by atoms with Crippen LogP contribution in [-0.4, -0.2) is 31.3 Å². The Morgan fingerprint density at radius 1 is 1.61 bits per heavy atom. The topological polar surface area (TPSA) is 38.5 Å². The number of hydrogen-bond acceptors (Lipinski definition) is 3. The van der Waals surface area contributed by atoms with Crippen molar-refractivity contribution < 1.29 is 4.74 Å². The summed E-state index contributed by atoms with van der Waals surface area (Å²) < 4.78 is 6.68. The first-order valence-electron chi connectivity index (χ1n) is 6.00. The first kappa shape index (κ1) is 13.8. The molecule has 1 unspecified atom stereocenters. The summed E-state index contributed by atoms with van der Waals surface area (Å²) in [7, 11) is 2.05. The number of hydrogen-bond donors (Lipinski definition) is 1. The van der Waals surface area contributed by atoms with Crippen molar-refractivity contribution >= 4 is 38.8 Å². The second-order valence-corrected chi connectivity index (χ2v) is 5.90. The van der Waals surface area contributed by atoms with Gasteiger partial charge in [-0.3, -0.25) is 0 Å². The van der Waals surface area contributed by atoms with Crippen LogP contribution in [0.2, 0.25) is 0 Å². The fourth-order valence-corrected chi connectivity index (χ4v) is 2.74. The zero-order valence-electron chi connectivity index (χ0n) is 10.4. The Hall–Kier alpha value is -0.650. The van der Waals surface area contributed by atoms with Gasteiger partial charge in [0.05, 0.1) is 6.10 Å². The Balaban J connectivity index is 2.19. The molecule has 1 heterocycles. The lowest BCUT2D eigenvalue weighted by Gasteiger charge is -2.25. The molecule has 2 N–H and O–H groups in total. The Bertz CT molecular complexity index is 447. The number of thiocarbonyl (C=S) groups is 1. The largest absolute Gasteiger partial charge is 0.389 e. The highest BCUT2D eigenvalue weighted by molar-refractivity contribution is 9.10. The van der Waals surface area contributed by atoms with Gasteiger partial charge in [0.1, 0.15) is 4.99 Å². The molecule has 3 nitrogen and oxygen atoms in total. The molecule has 98 valence electrons. The van der Waals surface area contributed by atoms with Gasteiger partial charge in [-0.15, -0.1) is 0 Å². The number of ether oxygens (including phenoxy) is 1. The molecular weight excluding hydrogens is 312 g/mol. The van der Waals surface area contributed by atoms with Crippen molar-refractivity contribution in [1.82, 2.24) is 0 Å². The molecule has 0 aromatic heterocycles. The fourth-order valence-electron chi connectivity index (χ4n) is 2.22. The molecule has 2 rings (SSSR count). The third-order valence-electron chi connectivity index (χ3n) is 3.14. The van der Waals surface area contributed by atoms with Gasteiger partial charge in [0.15, 0.2) is 0 Å². The minimum atomic E-state index is 0.313. The van der Waals surface area contributed by atoms with Crippen LogP contribution in [0.5, 0.6) is 0 Å². The summed E-state index contributed by atoms with van der Waals surface area (Å²) in [5.41, 5.74) is 7.73. The summed E-state index contributed by atoms with van der Waals surface area (Å²) in [4.78, 5) is 2.59. The van der Waals surface area contributed by atoms with Gasteiger partial charge in [-0.25, -0.2) is 0 Å². The molecule has 18 heavy (non-hydrogen) atoms. The van der Waals surface area contributed by atoms with Crippen LogP contribution < -0.4 is 10.6 Å². The highest BCUT2D eigenvalue weighted by Crippen LogP contribution is 2.26. The van der Waals surface area contributed by atoms with Gasteiger partial charge >= 0.3 is 0 Å². The van der Waals surface area contributed by atoms with Crippen LogP contribution in [0.25, 0.3) is 0 Å². The molecule has 1 saturated heterocycles. The highest BCUT2D eigenvalue weighted by atomic mass is 79.9. The summed E-state index contributed by atoms with van der Waals surface area (Å²) in [5.74, 6) is 0. The van der Waals surface area contributed by atoms with Crippen molar-refractivity contribution in [2.24, 2.45) is 5.73 Å². The molecule has 0 aliphatic carbocycles. The second-order valence-electron chi connectivity index (χ2n) is 4.54. The normalized spacial score (nSPS) is 18.9. The van der Waals surface area contributed by atoms with Crippen molar-refractivity contribution in [3.63, 3.8) is 0 Å². The zero-order chi connectivity index (χ0) is 13.1. The van der Waals surface area contributed by atoms with E-state index in [2.05, 4.69) is 20.8 Å².